The monoisotopic (exact) mass is 485 g/mol. The zero-order valence-corrected chi connectivity index (χ0v) is 19.6. The predicted molar refractivity (Wildman–Crippen MR) is 124 cm³/mol. The molecule has 0 bridgehead atoms. The molecule has 1 aromatic carbocycles. The molecule has 1 fully saturated rings. The fraction of sp³-hybridized carbons (Fsp3) is 0.435. The van der Waals surface area contributed by atoms with E-state index in [-0.39, 0.29) is 23.8 Å². The van der Waals surface area contributed by atoms with Crippen LogP contribution in [0.2, 0.25) is 0 Å². The molecular formula is C23H27N5O5S. The highest BCUT2D eigenvalue weighted by atomic mass is 32.2. The van der Waals surface area contributed by atoms with Crippen molar-refractivity contribution in [3.05, 3.63) is 42.1 Å². The zero-order valence-electron chi connectivity index (χ0n) is 18.8. The molecular weight excluding hydrogens is 458 g/mol. The molecule has 180 valence electrons. The average Bonchev–Trinajstić information content (AvgIpc) is 3.24. The Morgan fingerprint density at radius 3 is 2.74 bits per heavy atom. The highest BCUT2D eigenvalue weighted by Crippen LogP contribution is 2.31. The molecule has 1 saturated heterocycles. The zero-order chi connectivity index (χ0) is 24.0. The van der Waals surface area contributed by atoms with E-state index in [4.69, 9.17) is 9.47 Å². The number of rotatable bonds is 6. The number of hydrogen-bond donors (Lipinski definition) is 1. The summed E-state index contributed by atoms with van der Waals surface area (Å²) >= 11 is 0. The summed E-state index contributed by atoms with van der Waals surface area (Å²) in [6.45, 7) is 3.27. The van der Waals surface area contributed by atoms with Gasteiger partial charge in [-0.2, -0.15) is 5.26 Å². The third-order valence-corrected chi connectivity index (χ3v) is 7.17. The predicted octanol–water partition coefficient (Wildman–Crippen LogP) is 1.52. The van der Waals surface area contributed by atoms with E-state index in [1.54, 1.807) is 29.3 Å². The quantitative estimate of drug-likeness (QED) is 0.653. The van der Waals surface area contributed by atoms with Crippen molar-refractivity contribution < 1.29 is 22.7 Å². The maximum atomic E-state index is 12.7. The van der Waals surface area contributed by atoms with Gasteiger partial charge in [0.2, 0.25) is 15.9 Å². The van der Waals surface area contributed by atoms with Crippen LogP contribution in [-0.2, 0) is 14.8 Å². The lowest BCUT2D eigenvalue weighted by atomic mass is 10.2. The number of amides is 1. The summed E-state index contributed by atoms with van der Waals surface area (Å²) in [6, 6.07) is 10.1. The molecule has 2 aliphatic heterocycles. The summed E-state index contributed by atoms with van der Waals surface area (Å²) in [5.41, 5.74) is 0.506. The minimum Gasteiger partial charge on any atom is -0.490 e. The Bertz CT molecular complexity index is 1180. The van der Waals surface area contributed by atoms with Crippen molar-refractivity contribution in [2.24, 2.45) is 0 Å². The molecule has 0 spiro atoms. The number of hydrogen-bond acceptors (Lipinski definition) is 8. The van der Waals surface area contributed by atoms with Gasteiger partial charge in [-0.1, -0.05) is 0 Å². The average molecular weight is 486 g/mol. The van der Waals surface area contributed by atoms with Crippen molar-refractivity contribution >= 4 is 21.7 Å². The number of carbonyl (C=O) groups excluding carboxylic acids is 1. The van der Waals surface area contributed by atoms with Crippen LogP contribution in [0.25, 0.3) is 0 Å². The molecule has 4 rings (SSSR count). The van der Waals surface area contributed by atoms with E-state index in [9.17, 15) is 18.5 Å². The number of anilines is 1. The van der Waals surface area contributed by atoms with E-state index in [1.807, 2.05) is 4.90 Å². The molecule has 1 amide bonds. The van der Waals surface area contributed by atoms with Crippen LogP contribution in [-0.4, -0.2) is 70.1 Å². The molecule has 10 nitrogen and oxygen atoms in total. The van der Waals surface area contributed by atoms with Gasteiger partial charge in [-0.15, -0.1) is 0 Å². The fourth-order valence-corrected chi connectivity index (χ4v) is 5.01. The second-order valence-corrected chi connectivity index (χ2v) is 9.78. The molecule has 0 saturated carbocycles. The number of fused-ring (bicyclic) bond motifs is 1. The second kappa shape index (κ2) is 10.7. The second-order valence-electron chi connectivity index (χ2n) is 8.01. The summed E-state index contributed by atoms with van der Waals surface area (Å²) in [4.78, 5) is 20.9. The Balaban J connectivity index is 1.31. The first-order chi connectivity index (χ1) is 16.5. The summed E-state index contributed by atoms with van der Waals surface area (Å²) < 4.78 is 39.0. The van der Waals surface area contributed by atoms with Crippen LogP contribution in [0.5, 0.6) is 11.5 Å². The number of benzene rings is 1. The lowest BCUT2D eigenvalue weighted by Gasteiger charge is -2.23. The van der Waals surface area contributed by atoms with Gasteiger partial charge < -0.3 is 19.3 Å². The van der Waals surface area contributed by atoms with Crippen molar-refractivity contribution in [2.45, 2.75) is 24.2 Å². The Hall–Kier alpha value is -3.36. The number of carbonyl (C=O) groups is 1. The van der Waals surface area contributed by atoms with Crippen molar-refractivity contribution in [2.75, 3.05) is 50.8 Å². The first-order valence-electron chi connectivity index (χ1n) is 11.2. The number of nitriles is 1. The summed E-state index contributed by atoms with van der Waals surface area (Å²) in [5, 5.41) is 9.33. The standard InChI is InChI=1S/C23H27N5O5S/c24-17-18-4-1-8-25-23(18)28-11-2-10-27(12-13-28)22(29)7-9-26-34(30,31)19-5-6-20-21(16-19)33-15-3-14-32-20/h1,4-6,8,16,26H,2-3,7,9-15H2. The number of nitrogens with zero attached hydrogens (tertiary/aromatic N) is 4. The molecule has 0 atom stereocenters. The van der Waals surface area contributed by atoms with Gasteiger partial charge in [-0.05, 0) is 30.7 Å². The van der Waals surface area contributed by atoms with Gasteiger partial charge in [0.25, 0.3) is 0 Å². The smallest absolute Gasteiger partial charge is 0.240 e. The normalized spacial score (nSPS) is 16.3. The van der Waals surface area contributed by atoms with Crippen LogP contribution >= 0.6 is 0 Å². The lowest BCUT2D eigenvalue weighted by molar-refractivity contribution is -0.130. The van der Waals surface area contributed by atoms with Gasteiger partial charge in [-0.3, -0.25) is 4.79 Å². The fourth-order valence-electron chi connectivity index (χ4n) is 3.96. The third-order valence-electron chi connectivity index (χ3n) is 5.72. The number of pyridine rings is 1. The summed E-state index contributed by atoms with van der Waals surface area (Å²) in [5.74, 6) is 1.43. The van der Waals surface area contributed by atoms with Crippen molar-refractivity contribution in [3.8, 4) is 17.6 Å². The maximum Gasteiger partial charge on any atom is 0.240 e. The molecule has 1 N–H and O–H groups in total. The number of ether oxygens (including phenoxy) is 2. The topological polar surface area (TPSA) is 125 Å². The van der Waals surface area contributed by atoms with E-state index in [0.29, 0.717) is 62.3 Å². The van der Waals surface area contributed by atoms with Crippen molar-refractivity contribution in [3.63, 3.8) is 0 Å². The van der Waals surface area contributed by atoms with E-state index in [2.05, 4.69) is 15.8 Å². The Labute approximate surface area is 199 Å². The summed E-state index contributed by atoms with van der Waals surface area (Å²) in [7, 11) is -3.80. The van der Waals surface area contributed by atoms with Crippen molar-refractivity contribution in [1.29, 1.82) is 5.26 Å². The molecule has 3 heterocycles. The van der Waals surface area contributed by atoms with Crippen molar-refractivity contribution in [1.82, 2.24) is 14.6 Å². The summed E-state index contributed by atoms with van der Waals surface area (Å²) in [6.07, 6.45) is 3.17. The number of aromatic nitrogens is 1. The van der Waals surface area contributed by atoms with E-state index < -0.39 is 10.0 Å². The third kappa shape index (κ3) is 5.58. The van der Waals surface area contributed by atoms with E-state index >= 15 is 0 Å². The molecule has 1 aromatic heterocycles. The molecule has 0 unspecified atom stereocenters. The number of nitrogens with one attached hydrogen (secondary N) is 1. The van der Waals surface area contributed by atoms with Crippen LogP contribution in [0.3, 0.4) is 0 Å². The minimum atomic E-state index is -3.80. The largest absolute Gasteiger partial charge is 0.490 e. The molecule has 0 radical (unpaired) electrons. The molecule has 2 aromatic rings. The van der Waals surface area contributed by atoms with Crippen LogP contribution in [0, 0.1) is 11.3 Å². The van der Waals surface area contributed by atoms with Gasteiger partial charge in [0.05, 0.1) is 23.7 Å². The van der Waals surface area contributed by atoms with Gasteiger partial charge in [0.1, 0.15) is 11.9 Å². The highest BCUT2D eigenvalue weighted by molar-refractivity contribution is 7.89. The Kier molecular flexibility index (Phi) is 7.49. The van der Waals surface area contributed by atoms with Gasteiger partial charge in [-0.25, -0.2) is 18.1 Å². The first kappa shape index (κ1) is 23.8. The molecule has 34 heavy (non-hydrogen) atoms. The minimum absolute atomic E-state index is 0.00531. The Morgan fingerprint density at radius 1 is 1.09 bits per heavy atom. The van der Waals surface area contributed by atoms with E-state index in [1.165, 1.54) is 12.1 Å². The van der Waals surface area contributed by atoms with Crippen LogP contribution in [0.4, 0.5) is 5.82 Å². The molecule has 2 aliphatic rings. The van der Waals surface area contributed by atoms with Crippen LogP contribution in [0.1, 0.15) is 24.8 Å². The van der Waals surface area contributed by atoms with Crippen LogP contribution in [0.15, 0.2) is 41.4 Å². The first-order valence-corrected chi connectivity index (χ1v) is 12.7. The highest BCUT2D eigenvalue weighted by Gasteiger charge is 2.23. The van der Waals surface area contributed by atoms with E-state index in [0.717, 1.165) is 12.8 Å². The SMILES string of the molecule is N#Cc1cccnc1N1CCCN(C(=O)CCNS(=O)(=O)c2ccc3c(c2)OCCCO3)CC1. The maximum absolute atomic E-state index is 12.7. The van der Waals surface area contributed by atoms with Gasteiger partial charge >= 0.3 is 0 Å². The number of sulfonamides is 1. The lowest BCUT2D eigenvalue weighted by Crippen LogP contribution is -2.37. The Morgan fingerprint density at radius 2 is 1.91 bits per heavy atom. The van der Waals surface area contributed by atoms with Gasteiger partial charge in [0, 0.05) is 57.8 Å². The van der Waals surface area contributed by atoms with Crippen LogP contribution < -0.4 is 19.1 Å². The van der Waals surface area contributed by atoms with Gasteiger partial charge in [0.15, 0.2) is 11.5 Å². The molecule has 11 heteroatoms. The molecule has 0 aliphatic carbocycles.